The molecule has 3 aromatic heterocycles. The lowest BCUT2D eigenvalue weighted by Gasteiger charge is -2.25. The minimum absolute atomic E-state index is 0.614. The topological polar surface area (TPSA) is 47.1 Å². The molecule has 11 rings (SSSR count). The van der Waals surface area contributed by atoms with Gasteiger partial charge in [-0.25, -0.2) is 9.97 Å². The Balaban J connectivity index is 1.19. The van der Waals surface area contributed by atoms with E-state index in [-0.39, 0.29) is 0 Å². The Morgan fingerprint density at radius 2 is 1.11 bits per heavy atom. The van der Waals surface area contributed by atoms with Crippen LogP contribution in [-0.4, -0.2) is 14.5 Å². The van der Waals surface area contributed by atoms with E-state index in [0.717, 1.165) is 93.7 Å². The lowest BCUT2D eigenvalue weighted by molar-refractivity contribution is 0.673. The molecule has 0 atom stereocenters. The highest BCUT2D eigenvalue weighted by molar-refractivity contribution is 6.20. The molecule has 0 saturated carbocycles. The molecular formula is C48H30N4O. The average molecular weight is 679 g/mol. The number of hydrogen-bond acceptors (Lipinski definition) is 4. The number of para-hydroxylation sites is 4. The molecule has 5 nitrogen and oxygen atoms in total. The van der Waals surface area contributed by atoms with E-state index in [0.29, 0.717) is 5.95 Å². The van der Waals surface area contributed by atoms with Crippen molar-refractivity contribution < 1.29 is 4.42 Å². The molecule has 11 aromatic rings. The summed E-state index contributed by atoms with van der Waals surface area (Å²) in [4.78, 5) is 13.1. The Bertz CT molecular complexity index is 3140. The zero-order valence-corrected chi connectivity index (χ0v) is 28.5. The first-order valence-corrected chi connectivity index (χ1v) is 17.8. The highest BCUT2D eigenvalue weighted by Gasteiger charge is 2.22. The summed E-state index contributed by atoms with van der Waals surface area (Å²) >= 11 is 0. The Labute approximate surface area is 304 Å². The van der Waals surface area contributed by atoms with Crippen LogP contribution in [0.25, 0.3) is 82.6 Å². The van der Waals surface area contributed by atoms with E-state index in [4.69, 9.17) is 14.4 Å². The van der Waals surface area contributed by atoms with Crippen LogP contribution in [0.4, 0.5) is 17.1 Å². The van der Waals surface area contributed by atoms with Crippen molar-refractivity contribution in [1.29, 1.82) is 0 Å². The molecule has 5 heteroatoms. The maximum absolute atomic E-state index is 6.61. The number of benzene rings is 8. The van der Waals surface area contributed by atoms with Crippen LogP contribution in [0.15, 0.2) is 186 Å². The summed E-state index contributed by atoms with van der Waals surface area (Å²) in [5.74, 6) is 0.614. The molecule has 0 amide bonds. The van der Waals surface area contributed by atoms with Crippen LogP contribution in [0, 0.1) is 0 Å². The molecule has 0 N–H and O–H groups in total. The van der Waals surface area contributed by atoms with Crippen LogP contribution >= 0.6 is 0 Å². The number of hydrogen-bond donors (Lipinski definition) is 0. The molecule has 0 radical (unpaired) electrons. The summed E-state index contributed by atoms with van der Waals surface area (Å²) in [5.41, 5.74) is 9.76. The third-order valence-electron chi connectivity index (χ3n) is 10.4. The first-order valence-electron chi connectivity index (χ1n) is 17.8. The van der Waals surface area contributed by atoms with Gasteiger partial charge in [-0.1, -0.05) is 121 Å². The maximum atomic E-state index is 6.61. The predicted molar refractivity (Wildman–Crippen MR) is 219 cm³/mol. The van der Waals surface area contributed by atoms with E-state index < -0.39 is 0 Å². The van der Waals surface area contributed by atoms with Crippen molar-refractivity contribution in [2.75, 3.05) is 4.90 Å². The van der Waals surface area contributed by atoms with E-state index >= 15 is 0 Å². The minimum atomic E-state index is 0.614. The van der Waals surface area contributed by atoms with E-state index in [1.54, 1.807) is 0 Å². The fourth-order valence-electron chi connectivity index (χ4n) is 8.04. The minimum Gasteiger partial charge on any atom is -0.455 e. The van der Waals surface area contributed by atoms with Gasteiger partial charge in [0.15, 0.2) is 0 Å². The lowest BCUT2D eigenvalue weighted by atomic mass is 9.99. The fraction of sp³-hybridized carbons (Fsp3) is 0. The standard InChI is InChI=1S/C48H30N4O/c1-3-15-32(16-4-1)51(33-17-5-2-6-18-33)34-27-29-37-36-20-10-12-24-42(36)52(43(37)30-34)48-49-41-23-11-9-21-38(41)46(50-48)39-22-13-25-44-45(39)40-28-26-31-14-7-8-19-35(31)47(40)53-44/h1-30H. The summed E-state index contributed by atoms with van der Waals surface area (Å²) in [6.07, 6.45) is 0. The molecule has 3 heterocycles. The van der Waals surface area contributed by atoms with Gasteiger partial charge in [0, 0.05) is 54.9 Å². The first-order chi connectivity index (χ1) is 26.3. The largest absolute Gasteiger partial charge is 0.455 e. The molecule has 248 valence electrons. The van der Waals surface area contributed by atoms with Crippen LogP contribution in [0.2, 0.25) is 0 Å². The van der Waals surface area contributed by atoms with Gasteiger partial charge in [-0.05, 0) is 66.0 Å². The zero-order valence-electron chi connectivity index (χ0n) is 28.5. The highest BCUT2D eigenvalue weighted by Crippen LogP contribution is 2.42. The van der Waals surface area contributed by atoms with E-state index in [1.807, 2.05) is 6.07 Å². The van der Waals surface area contributed by atoms with Gasteiger partial charge in [-0.3, -0.25) is 4.57 Å². The van der Waals surface area contributed by atoms with Gasteiger partial charge in [-0.2, -0.15) is 0 Å². The van der Waals surface area contributed by atoms with Crippen molar-refractivity contribution >= 4 is 82.5 Å². The molecule has 0 aliphatic carbocycles. The van der Waals surface area contributed by atoms with Gasteiger partial charge in [0.25, 0.3) is 0 Å². The molecule has 0 unspecified atom stereocenters. The molecule has 0 saturated heterocycles. The number of aromatic nitrogens is 3. The predicted octanol–water partition coefficient (Wildman–Crippen LogP) is 12.9. The van der Waals surface area contributed by atoms with Crippen LogP contribution in [0.5, 0.6) is 0 Å². The van der Waals surface area contributed by atoms with Gasteiger partial charge in [0.2, 0.25) is 5.95 Å². The fourth-order valence-corrected chi connectivity index (χ4v) is 8.04. The molecule has 0 aliphatic rings. The molecular weight excluding hydrogens is 649 g/mol. The van der Waals surface area contributed by atoms with Gasteiger partial charge < -0.3 is 9.32 Å². The Morgan fingerprint density at radius 3 is 1.92 bits per heavy atom. The second-order valence-corrected chi connectivity index (χ2v) is 13.4. The Hall–Kier alpha value is -7.24. The number of anilines is 3. The van der Waals surface area contributed by atoms with Crippen LogP contribution in [0.1, 0.15) is 0 Å². The van der Waals surface area contributed by atoms with E-state index in [9.17, 15) is 0 Å². The van der Waals surface area contributed by atoms with Crippen molar-refractivity contribution in [2.45, 2.75) is 0 Å². The van der Waals surface area contributed by atoms with Crippen molar-refractivity contribution in [3.05, 3.63) is 182 Å². The normalized spacial score (nSPS) is 11.8. The number of nitrogens with zero attached hydrogens (tertiary/aromatic N) is 4. The molecule has 8 aromatic carbocycles. The Morgan fingerprint density at radius 1 is 0.453 bits per heavy atom. The van der Waals surface area contributed by atoms with Crippen LogP contribution in [0.3, 0.4) is 0 Å². The van der Waals surface area contributed by atoms with Crippen molar-refractivity contribution in [3.63, 3.8) is 0 Å². The number of fused-ring (bicyclic) bond motifs is 9. The summed E-state index contributed by atoms with van der Waals surface area (Å²) in [6, 6.07) is 63.6. The second kappa shape index (κ2) is 11.7. The SMILES string of the molecule is c1ccc(N(c2ccccc2)c2ccc3c4ccccc4n(-c4nc(-c5cccc6oc7c8ccccc8ccc7c56)c5ccccc5n4)c3c2)cc1. The maximum Gasteiger partial charge on any atom is 0.235 e. The molecule has 0 fully saturated rings. The zero-order chi connectivity index (χ0) is 34.9. The van der Waals surface area contributed by atoms with Gasteiger partial charge in [0.1, 0.15) is 11.2 Å². The molecule has 53 heavy (non-hydrogen) atoms. The molecule has 0 spiro atoms. The molecule has 0 bridgehead atoms. The van der Waals surface area contributed by atoms with E-state index in [2.05, 4.69) is 185 Å². The summed E-state index contributed by atoms with van der Waals surface area (Å²) < 4.78 is 8.83. The van der Waals surface area contributed by atoms with Crippen molar-refractivity contribution in [2.24, 2.45) is 0 Å². The van der Waals surface area contributed by atoms with Gasteiger partial charge >= 0.3 is 0 Å². The van der Waals surface area contributed by atoms with E-state index in [1.165, 1.54) is 0 Å². The van der Waals surface area contributed by atoms with Gasteiger partial charge in [0.05, 0.1) is 22.2 Å². The van der Waals surface area contributed by atoms with Crippen molar-refractivity contribution in [3.8, 4) is 17.2 Å². The van der Waals surface area contributed by atoms with Crippen molar-refractivity contribution in [1.82, 2.24) is 14.5 Å². The second-order valence-electron chi connectivity index (χ2n) is 13.4. The first kappa shape index (κ1) is 29.5. The highest BCUT2D eigenvalue weighted by atomic mass is 16.3. The molecule has 0 aliphatic heterocycles. The smallest absolute Gasteiger partial charge is 0.235 e. The monoisotopic (exact) mass is 678 g/mol. The third-order valence-corrected chi connectivity index (χ3v) is 10.4. The number of rotatable bonds is 5. The Kier molecular flexibility index (Phi) is 6.48. The van der Waals surface area contributed by atoms with Crippen LogP contribution < -0.4 is 4.90 Å². The van der Waals surface area contributed by atoms with Crippen LogP contribution in [-0.2, 0) is 0 Å². The number of furan rings is 1. The third kappa shape index (κ3) is 4.57. The summed E-state index contributed by atoms with van der Waals surface area (Å²) in [5, 5.41) is 7.64. The summed E-state index contributed by atoms with van der Waals surface area (Å²) in [7, 11) is 0. The quantitative estimate of drug-likeness (QED) is 0.182. The summed E-state index contributed by atoms with van der Waals surface area (Å²) in [6.45, 7) is 0. The lowest BCUT2D eigenvalue weighted by Crippen LogP contribution is -2.10. The van der Waals surface area contributed by atoms with Gasteiger partial charge in [-0.15, -0.1) is 0 Å². The average Bonchev–Trinajstić information content (AvgIpc) is 3.77.